The lowest BCUT2D eigenvalue weighted by Crippen LogP contribution is -2.52. The number of halogens is 1. The maximum absolute atomic E-state index is 13.6. The highest BCUT2D eigenvalue weighted by atomic mass is 35.5. The molecule has 0 aromatic heterocycles. The minimum atomic E-state index is -0.696. The van der Waals surface area contributed by atoms with Crippen LogP contribution in [0, 0.1) is 12.8 Å². The van der Waals surface area contributed by atoms with Gasteiger partial charge in [0.05, 0.1) is 5.02 Å². The van der Waals surface area contributed by atoms with Crippen LogP contribution in [0.5, 0.6) is 5.75 Å². The molecule has 0 aliphatic heterocycles. The van der Waals surface area contributed by atoms with E-state index < -0.39 is 6.04 Å². The maximum Gasteiger partial charge on any atom is 0.261 e. The Kier molecular flexibility index (Phi) is 9.74. The van der Waals surface area contributed by atoms with E-state index in [1.807, 2.05) is 75.4 Å². The van der Waals surface area contributed by atoms with Gasteiger partial charge < -0.3 is 15.0 Å². The zero-order valence-electron chi connectivity index (χ0n) is 20.5. The summed E-state index contributed by atoms with van der Waals surface area (Å²) in [5, 5.41) is 3.46. The summed E-state index contributed by atoms with van der Waals surface area (Å²) in [4.78, 5) is 28.7. The Bertz CT molecular complexity index is 1120. The van der Waals surface area contributed by atoms with Gasteiger partial charge in [-0.15, -0.1) is 0 Å². The second-order valence-electron chi connectivity index (χ2n) is 9.01. The summed E-state index contributed by atoms with van der Waals surface area (Å²) >= 11 is 6.21. The Hall–Kier alpha value is -3.31. The summed E-state index contributed by atoms with van der Waals surface area (Å²) in [5.41, 5.74) is 3.01. The van der Waals surface area contributed by atoms with Crippen molar-refractivity contribution in [1.29, 1.82) is 0 Å². The fourth-order valence-corrected chi connectivity index (χ4v) is 3.92. The van der Waals surface area contributed by atoms with Gasteiger partial charge in [-0.3, -0.25) is 9.59 Å². The van der Waals surface area contributed by atoms with E-state index in [0.717, 1.165) is 16.7 Å². The smallest absolute Gasteiger partial charge is 0.261 e. The number of amides is 2. The van der Waals surface area contributed by atoms with E-state index >= 15 is 0 Å². The highest BCUT2D eigenvalue weighted by Crippen LogP contribution is 2.24. The molecule has 1 unspecified atom stereocenters. The van der Waals surface area contributed by atoms with Gasteiger partial charge in [0.2, 0.25) is 5.91 Å². The van der Waals surface area contributed by atoms with Crippen molar-refractivity contribution in [2.24, 2.45) is 5.92 Å². The van der Waals surface area contributed by atoms with E-state index in [9.17, 15) is 9.59 Å². The molecule has 5 nitrogen and oxygen atoms in total. The van der Waals surface area contributed by atoms with E-state index in [1.165, 1.54) is 0 Å². The van der Waals surface area contributed by atoms with Crippen molar-refractivity contribution in [2.45, 2.75) is 39.8 Å². The largest absolute Gasteiger partial charge is 0.482 e. The number of carbonyl (C=O) groups excluding carboxylic acids is 2. The Morgan fingerprint density at radius 2 is 1.60 bits per heavy atom. The van der Waals surface area contributed by atoms with Crippen LogP contribution in [0.4, 0.5) is 0 Å². The number of nitrogens with one attached hydrogen (secondary N) is 1. The van der Waals surface area contributed by atoms with Gasteiger partial charge in [-0.25, -0.2) is 0 Å². The average Bonchev–Trinajstić information content (AvgIpc) is 2.85. The SMILES string of the molecule is Cc1ccccc1CN(C(=O)COc1ccccc1Cl)C(Cc1ccccc1)C(=O)NCC(C)C. The van der Waals surface area contributed by atoms with Gasteiger partial charge in [0.15, 0.2) is 6.61 Å². The van der Waals surface area contributed by atoms with Crippen LogP contribution in [-0.4, -0.2) is 35.9 Å². The number of hydrogen-bond acceptors (Lipinski definition) is 3. The molecule has 1 N–H and O–H groups in total. The van der Waals surface area contributed by atoms with Crippen LogP contribution in [-0.2, 0) is 22.6 Å². The number of nitrogens with zero attached hydrogens (tertiary/aromatic N) is 1. The van der Waals surface area contributed by atoms with Gasteiger partial charge in [-0.05, 0) is 41.7 Å². The van der Waals surface area contributed by atoms with Gasteiger partial charge in [0.25, 0.3) is 5.91 Å². The molecule has 2 amide bonds. The molecule has 3 rings (SSSR count). The maximum atomic E-state index is 13.6. The average molecular weight is 493 g/mol. The molecule has 0 saturated carbocycles. The summed E-state index contributed by atoms with van der Waals surface area (Å²) < 4.78 is 5.77. The van der Waals surface area contributed by atoms with Crippen LogP contribution in [0.2, 0.25) is 5.02 Å². The summed E-state index contributed by atoms with van der Waals surface area (Å²) in [7, 11) is 0. The van der Waals surface area contributed by atoms with E-state index in [-0.39, 0.29) is 18.4 Å². The van der Waals surface area contributed by atoms with Gasteiger partial charge in [-0.1, -0.05) is 92.2 Å². The number of aryl methyl sites for hydroxylation is 1. The third-order valence-electron chi connectivity index (χ3n) is 5.75. The van der Waals surface area contributed by atoms with Crippen LogP contribution in [0.15, 0.2) is 78.9 Å². The van der Waals surface area contributed by atoms with Crippen molar-refractivity contribution < 1.29 is 14.3 Å². The van der Waals surface area contributed by atoms with Gasteiger partial charge in [0.1, 0.15) is 11.8 Å². The van der Waals surface area contributed by atoms with Gasteiger partial charge in [-0.2, -0.15) is 0 Å². The molecule has 0 aliphatic carbocycles. The van der Waals surface area contributed by atoms with Crippen molar-refractivity contribution in [3.8, 4) is 5.75 Å². The van der Waals surface area contributed by atoms with E-state index in [4.69, 9.17) is 16.3 Å². The monoisotopic (exact) mass is 492 g/mol. The normalized spacial score (nSPS) is 11.7. The number of ether oxygens (including phenoxy) is 1. The summed E-state index contributed by atoms with van der Waals surface area (Å²) in [5.74, 6) is 0.263. The minimum absolute atomic E-state index is 0.178. The molecule has 0 bridgehead atoms. The predicted octanol–water partition coefficient (Wildman–Crippen LogP) is 5.44. The number of rotatable bonds is 11. The highest BCUT2D eigenvalue weighted by molar-refractivity contribution is 6.32. The highest BCUT2D eigenvalue weighted by Gasteiger charge is 2.31. The fraction of sp³-hybridized carbons (Fsp3) is 0.310. The zero-order chi connectivity index (χ0) is 25.2. The lowest BCUT2D eigenvalue weighted by Gasteiger charge is -2.32. The molecule has 6 heteroatoms. The molecular formula is C29H33ClN2O3. The molecule has 0 aliphatic rings. The molecule has 184 valence electrons. The predicted molar refractivity (Wildman–Crippen MR) is 140 cm³/mol. The van der Waals surface area contributed by atoms with E-state index in [1.54, 1.807) is 29.2 Å². The van der Waals surface area contributed by atoms with Crippen LogP contribution in [0.25, 0.3) is 0 Å². The first kappa shape index (κ1) is 26.3. The standard InChI is InChI=1S/C29H33ClN2O3/c1-21(2)18-31-29(34)26(17-23-12-5-4-6-13-23)32(19-24-14-8-7-11-22(24)3)28(33)20-35-27-16-10-9-15-25(27)30/h4-16,21,26H,17-20H2,1-3H3,(H,31,34). The first-order chi connectivity index (χ1) is 16.8. The van der Waals surface area contributed by atoms with Crippen molar-refractivity contribution in [3.63, 3.8) is 0 Å². The Morgan fingerprint density at radius 1 is 0.943 bits per heavy atom. The van der Waals surface area contributed by atoms with Crippen molar-refractivity contribution >= 4 is 23.4 Å². The lowest BCUT2D eigenvalue weighted by atomic mass is 10.0. The Morgan fingerprint density at radius 3 is 2.29 bits per heavy atom. The first-order valence-corrected chi connectivity index (χ1v) is 12.3. The van der Waals surface area contributed by atoms with Gasteiger partial charge in [0, 0.05) is 19.5 Å². The number of benzene rings is 3. The number of para-hydroxylation sites is 1. The van der Waals surface area contributed by atoms with Gasteiger partial charge >= 0.3 is 0 Å². The van der Waals surface area contributed by atoms with Crippen molar-refractivity contribution in [3.05, 3.63) is 101 Å². The fourth-order valence-electron chi connectivity index (χ4n) is 3.73. The third-order valence-corrected chi connectivity index (χ3v) is 6.06. The summed E-state index contributed by atoms with van der Waals surface area (Å²) in [6.07, 6.45) is 0.397. The van der Waals surface area contributed by atoms with Crippen LogP contribution in [0.1, 0.15) is 30.5 Å². The van der Waals surface area contributed by atoms with Crippen LogP contribution < -0.4 is 10.1 Å². The topological polar surface area (TPSA) is 58.6 Å². The summed E-state index contributed by atoms with van der Waals surface area (Å²) in [6, 6.07) is 24.0. The van der Waals surface area contributed by atoms with Crippen molar-refractivity contribution in [1.82, 2.24) is 10.2 Å². The molecule has 0 saturated heterocycles. The third kappa shape index (κ3) is 7.86. The quantitative estimate of drug-likeness (QED) is 0.387. The summed E-state index contributed by atoms with van der Waals surface area (Å²) in [6.45, 7) is 6.69. The molecule has 0 spiro atoms. The van der Waals surface area contributed by atoms with Crippen LogP contribution >= 0.6 is 11.6 Å². The van der Waals surface area contributed by atoms with Crippen molar-refractivity contribution in [2.75, 3.05) is 13.2 Å². The molecule has 35 heavy (non-hydrogen) atoms. The zero-order valence-corrected chi connectivity index (χ0v) is 21.3. The second kappa shape index (κ2) is 13.0. The lowest BCUT2D eigenvalue weighted by molar-refractivity contribution is -0.142. The minimum Gasteiger partial charge on any atom is -0.482 e. The molecule has 0 fully saturated rings. The van der Waals surface area contributed by atoms with Crippen LogP contribution in [0.3, 0.4) is 0 Å². The second-order valence-corrected chi connectivity index (χ2v) is 9.42. The molecule has 3 aromatic carbocycles. The number of carbonyl (C=O) groups is 2. The molecule has 0 radical (unpaired) electrons. The molecule has 1 atom stereocenters. The molecular weight excluding hydrogens is 460 g/mol. The Labute approximate surface area is 213 Å². The number of hydrogen-bond donors (Lipinski definition) is 1. The van der Waals surface area contributed by atoms with E-state index in [0.29, 0.717) is 36.2 Å². The molecule has 3 aromatic rings. The molecule has 0 heterocycles. The Balaban J connectivity index is 1.92. The first-order valence-electron chi connectivity index (χ1n) is 11.9. The van der Waals surface area contributed by atoms with E-state index in [2.05, 4.69) is 5.32 Å².